The van der Waals surface area contributed by atoms with E-state index in [4.69, 9.17) is 10.7 Å². The Morgan fingerprint density at radius 3 is 2.54 bits per heavy atom. The Labute approximate surface area is 141 Å². The van der Waals surface area contributed by atoms with Crippen molar-refractivity contribution in [3.63, 3.8) is 0 Å². The molecule has 6 nitrogen and oxygen atoms in total. The Kier molecular flexibility index (Phi) is 4.30. The topological polar surface area (TPSA) is 97.2 Å². The number of nitrogens with zero attached hydrogens (tertiary/aromatic N) is 3. The van der Waals surface area contributed by atoms with E-state index in [0.29, 0.717) is 17.7 Å². The summed E-state index contributed by atoms with van der Waals surface area (Å²) in [5, 5.41) is 18.5. The smallest absolute Gasteiger partial charge is 0.423 e. The van der Waals surface area contributed by atoms with E-state index in [1.165, 1.54) is 0 Å². The van der Waals surface area contributed by atoms with Crippen molar-refractivity contribution in [2.75, 3.05) is 5.73 Å². The van der Waals surface area contributed by atoms with Crippen molar-refractivity contribution in [1.82, 2.24) is 14.5 Å². The van der Waals surface area contributed by atoms with E-state index >= 15 is 0 Å². The van der Waals surface area contributed by atoms with Gasteiger partial charge in [0.1, 0.15) is 11.3 Å². The van der Waals surface area contributed by atoms with Crippen LogP contribution in [0.3, 0.4) is 0 Å². The lowest BCUT2D eigenvalue weighted by Gasteiger charge is -2.12. The summed E-state index contributed by atoms with van der Waals surface area (Å²) in [5.41, 5.74) is 11.7. The van der Waals surface area contributed by atoms with Gasteiger partial charge in [-0.25, -0.2) is 9.97 Å². The minimum absolute atomic E-state index is 0.382. The number of aromatic nitrogens is 3. The average molecular weight is 324 g/mol. The maximum absolute atomic E-state index is 9.26. The minimum Gasteiger partial charge on any atom is -0.423 e. The first-order chi connectivity index (χ1) is 11.4. The molecule has 0 unspecified atom stereocenters. The molecule has 0 amide bonds. The molecule has 0 radical (unpaired) electrons. The highest BCUT2D eigenvalue weighted by Gasteiger charge is 2.16. The van der Waals surface area contributed by atoms with Crippen LogP contribution in [0.2, 0.25) is 0 Å². The van der Waals surface area contributed by atoms with Gasteiger partial charge in [-0.3, -0.25) is 0 Å². The molecule has 4 N–H and O–H groups in total. The van der Waals surface area contributed by atoms with Gasteiger partial charge in [0.25, 0.3) is 0 Å². The number of hydrogen-bond acceptors (Lipinski definition) is 5. The number of pyridine rings is 1. The largest absolute Gasteiger partial charge is 0.488 e. The molecule has 0 atom stereocenters. The summed E-state index contributed by atoms with van der Waals surface area (Å²) in [6.07, 6.45) is 0.794. The zero-order valence-electron chi connectivity index (χ0n) is 14.1. The normalized spacial score (nSPS) is 11.2. The van der Waals surface area contributed by atoms with Crippen LogP contribution in [0.25, 0.3) is 11.2 Å². The van der Waals surface area contributed by atoms with Gasteiger partial charge in [0, 0.05) is 17.8 Å². The minimum atomic E-state index is -1.52. The first kappa shape index (κ1) is 16.5. The van der Waals surface area contributed by atoms with Crippen LogP contribution >= 0.6 is 0 Å². The Morgan fingerprint density at radius 2 is 1.92 bits per heavy atom. The molecule has 0 fully saturated rings. The third-order valence-corrected chi connectivity index (χ3v) is 4.21. The molecule has 3 aromatic rings. The van der Waals surface area contributed by atoms with Crippen LogP contribution in [0, 0.1) is 13.8 Å². The molecular formula is C17H21BN4O2. The standard InChI is InChI=1S/C17H21BN4O2/c1-4-15-21-16-10(2)7-11(3)20-17(16)22(15)9-12-5-6-13(18(23)24)8-14(12)19/h5-8,23-24H,4,9,19H2,1-3H3. The van der Waals surface area contributed by atoms with Crippen molar-refractivity contribution < 1.29 is 10.0 Å². The van der Waals surface area contributed by atoms with Gasteiger partial charge in [0.05, 0.1) is 6.54 Å². The number of hydrogen-bond donors (Lipinski definition) is 3. The number of nitrogens with two attached hydrogens (primary N) is 1. The second-order valence-electron chi connectivity index (χ2n) is 6.05. The first-order valence-corrected chi connectivity index (χ1v) is 7.98. The van der Waals surface area contributed by atoms with Gasteiger partial charge in [0.15, 0.2) is 5.65 Å². The zero-order valence-corrected chi connectivity index (χ0v) is 14.1. The molecule has 0 spiro atoms. The summed E-state index contributed by atoms with van der Waals surface area (Å²) in [6.45, 7) is 6.62. The van der Waals surface area contributed by atoms with E-state index in [0.717, 1.165) is 40.2 Å². The maximum Gasteiger partial charge on any atom is 0.488 e. The Bertz CT molecular complexity index is 905. The average Bonchev–Trinajstić information content (AvgIpc) is 2.87. The Balaban J connectivity index is 2.10. The third-order valence-electron chi connectivity index (χ3n) is 4.21. The summed E-state index contributed by atoms with van der Waals surface area (Å²) >= 11 is 0. The number of anilines is 1. The van der Waals surface area contributed by atoms with Crippen molar-refractivity contribution in [3.05, 3.63) is 46.9 Å². The molecule has 0 saturated heterocycles. The Hall–Kier alpha value is -2.38. The molecule has 0 aliphatic heterocycles. The van der Waals surface area contributed by atoms with E-state index in [9.17, 15) is 10.0 Å². The molecule has 1 aromatic carbocycles. The van der Waals surface area contributed by atoms with Crippen molar-refractivity contribution in [3.8, 4) is 0 Å². The molecule has 0 saturated carbocycles. The highest BCUT2D eigenvalue weighted by molar-refractivity contribution is 6.58. The van der Waals surface area contributed by atoms with Gasteiger partial charge < -0.3 is 20.3 Å². The van der Waals surface area contributed by atoms with Gasteiger partial charge >= 0.3 is 7.12 Å². The number of rotatable bonds is 4. The molecule has 124 valence electrons. The predicted molar refractivity (Wildman–Crippen MR) is 96.2 cm³/mol. The quantitative estimate of drug-likeness (QED) is 0.490. The lowest BCUT2D eigenvalue weighted by molar-refractivity contribution is 0.426. The van der Waals surface area contributed by atoms with Crippen LogP contribution < -0.4 is 11.2 Å². The van der Waals surface area contributed by atoms with Crippen molar-refractivity contribution in [2.45, 2.75) is 33.7 Å². The summed E-state index contributed by atoms with van der Waals surface area (Å²) in [5.74, 6) is 0.955. The molecule has 7 heteroatoms. The zero-order chi connectivity index (χ0) is 17.4. The molecular weight excluding hydrogens is 303 g/mol. The Morgan fingerprint density at radius 1 is 1.17 bits per heavy atom. The molecule has 0 bridgehead atoms. The van der Waals surface area contributed by atoms with Crippen molar-refractivity contribution in [1.29, 1.82) is 0 Å². The SMILES string of the molecule is CCc1nc2c(C)cc(C)nc2n1Cc1ccc(B(O)O)cc1N. The lowest BCUT2D eigenvalue weighted by atomic mass is 9.79. The number of aryl methyl sites for hydroxylation is 3. The number of fused-ring (bicyclic) bond motifs is 1. The number of benzene rings is 1. The molecule has 2 heterocycles. The molecule has 2 aromatic heterocycles. The summed E-state index contributed by atoms with van der Waals surface area (Å²) < 4.78 is 2.08. The fourth-order valence-corrected chi connectivity index (χ4v) is 2.97. The second-order valence-corrected chi connectivity index (χ2v) is 6.05. The molecule has 3 rings (SSSR count). The molecule has 24 heavy (non-hydrogen) atoms. The number of imidazole rings is 1. The molecule has 0 aliphatic carbocycles. The van der Waals surface area contributed by atoms with Crippen LogP contribution in [0.4, 0.5) is 5.69 Å². The lowest BCUT2D eigenvalue weighted by Crippen LogP contribution is -2.30. The van der Waals surface area contributed by atoms with Crippen molar-refractivity contribution >= 4 is 29.4 Å². The van der Waals surface area contributed by atoms with Gasteiger partial charge in [-0.15, -0.1) is 0 Å². The van der Waals surface area contributed by atoms with Gasteiger partial charge in [-0.05, 0) is 42.6 Å². The van der Waals surface area contributed by atoms with Crippen LogP contribution in [0.5, 0.6) is 0 Å². The predicted octanol–water partition coefficient (Wildman–Crippen LogP) is 0.921. The van der Waals surface area contributed by atoms with E-state index < -0.39 is 7.12 Å². The fraction of sp³-hybridized carbons (Fsp3) is 0.294. The van der Waals surface area contributed by atoms with Gasteiger partial charge in [-0.1, -0.05) is 19.1 Å². The summed E-state index contributed by atoms with van der Waals surface area (Å²) in [7, 11) is -1.52. The van der Waals surface area contributed by atoms with E-state index in [1.807, 2.05) is 26.0 Å². The second kappa shape index (κ2) is 6.26. The number of nitrogen functional groups attached to an aromatic ring is 1. The van der Waals surface area contributed by atoms with Gasteiger partial charge in [-0.2, -0.15) is 0 Å². The van der Waals surface area contributed by atoms with E-state index in [1.54, 1.807) is 12.1 Å². The fourth-order valence-electron chi connectivity index (χ4n) is 2.97. The highest BCUT2D eigenvalue weighted by atomic mass is 16.4. The highest BCUT2D eigenvalue weighted by Crippen LogP contribution is 2.22. The monoisotopic (exact) mass is 324 g/mol. The van der Waals surface area contributed by atoms with Crippen LogP contribution in [-0.2, 0) is 13.0 Å². The van der Waals surface area contributed by atoms with Crippen molar-refractivity contribution in [2.24, 2.45) is 0 Å². The summed E-state index contributed by atoms with van der Waals surface area (Å²) in [6, 6.07) is 7.11. The maximum atomic E-state index is 9.26. The summed E-state index contributed by atoms with van der Waals surface area (Å²) in [4.78, 5) is 9.38. The van der Waals surface area contributed by atoms with Crippen LogP contribution in [0.15, 0.2) is 24.3 Å². The molecule has 0 aliphatic rings. The third kappa shape index (κ3) is 2.88. The van der Waals surface area contributed by atoms with Gasteiger partial charge in [0.2, 0.25) is 0 Å². The van der Waals surface area contributed by atoms with Crippen LogP contribution in [-0.4, -0.2) is 31.7 Å². The van der Waals surface area contributed by atoms with Crippen LogP contribution in [0.1, 0.15) is 29.6 Å². The van der Waals surface area contributed by atoms with E-state index in [-0.39, 0.29) is 0 Å². The van der Waals surface area contributed by atoms with E-state index in [2.05, 4.69) is 16.5 Å². The first-order valence-electron chi connectivity index (χ1n) is 7.98.